The Labute approximate surface area is 213 Å². The second-order valence-electron chi connectivity index (χ2n) is 10.0. The van der Waals surface area contributed by atoms with Crippen molar-refractivity contribution in [2.45, 2.75) is 32.2 Å². The molecular weight excluding hydrogens is 452 g/mol. The number of carbonyl (C=O) groups excluding carboxylic acids is 1. The minimum Gasteiger partial charge on any atom is -0.421 e. The number of carbonyl (C=O) groups is 1. The van der Waals surface area contributed by atoms with Gasteiger partial charge in [0.15, 0.2) is 5.58 Å². The molecule has 0 aliphatic carbocycles. The van der Waals surface area contributed by atoms with Gasteiger partial charge < -0.3 is 24.0 Å². The van der Waals surface area contributed by atoms with Gasteiger partial charge in [0.05, 0.1) is 11.3 Å². The van der Waals surface area contributed by atoms with Crippen LogP contribution in [0, 0.1) is 18.3 Å². The lowest BCUT2D eigenvalue weighted by Gasteiger charge is -2.25. The highest BCUT2D eigenvalue weighted by atomic mass is 16.4. The summed E-state index contributed by atoms with van der Waals surface area (Å²) in [4.78, 5) is 25.0. The zero-order valence-electron chi connectivity index (χ0n) is 22.2. The van der Waals surface area contributed by atoms with Crippen molar-refractivity contribution in [1.82, 2.24) is 14.8 Å². The smallest absolute Gasteiger partial charge is 0.298 e. The number of anilines is 2. The summed E-state index contributed by atoms with van der Waals surface area (Å²) in [5, 5.41) is 10.2. The van der Waals surface area contributed by atoms with E-state index in [1.54, 1.807) is 19.0 Å². The number of aromatic nitrogens is 1. The molecule has 4 rings (SSSR count). The van der Waals surface area contributed by atoms with Gasteiger partial charge >= 0.3 is 0 Å². The fourth-order valence-electron chi connectivity index (χ4n) is 4.95. The number of likely N-dealkylation sites (N-methyl/N-ethyl adjacent to an activating group) is 1. The number of nitrogens with zero attached hydrogens (tertiary/aromatic N) is 6. The molecule has 8 nitrogen and oxygen atoms in total. The Morgan fingerprint density at radius 1 is 1.19 bits per heavy atom. The third-order valence-corrected chi connectivity index (χ3v) is 7.15. The van der Waals surface area contributed by atoms with Crippen LogP contribution in [0.5, 0.6) is 0 Å². The van der Waals surface area contributed by atoms with Crippen LogP contribution >= 0.6 is 0 Å². The highest BCUT2D eigenvalue weighted by Crippen LogP contribution is 2.44. The van der Waals surface area contributed by atoms with E-state index in [-0.39, 0.29) is 5.91 Å². The van der Waals surface area contributed by atoms with Gasteiger partial charge in [-0.25, -0.2) is 0 Å². The number of hydrogen-bond donors (Lipinski definition) is 0. The monoisotopic (exact) mass is 488 g/mol. The second-order valence-corrected chi connectivity index (χ2v) is 10.0. The molecule has 1 atom stereocenters. The molecule has 1 aliphatic rings. The van der Waals surface area contributed by atoms with Crippen LogP contribution in [0.2, 0.25) is 0 Å². The molecule has 1 fully saturated rings. The second kappa shape index (κ2) is 10.6. The standard InChI is InChI=1S/C28H36N6O2/c1-19-22(17-29)25-27(36-28(30-25)33(6)15-10-13-23(35)32(4)5)26(24(19)20-11-8-7-9-12-20)34-16-14-21(18-34)31(2)3/h7-9,11-12,21H,10,13-16,18H2,1-6H3. The number of hydrogen-bond acceptors (Lipinski definition) is 7. The van der Waals surface area contributed by atoms with Gasteiger partial charge in [-0.1, -0.05) is 30.3 Å². The maximum atomic E-state index is 12.0. The molecule has 0 N–H and O–H groups in total. The number of fused-ring (bicyclic) bond motifs is 1. The van der Waals surface area contributed by atoms with Crippen LogP contribution in [0.3, 0.4) is 0 Å². The van der Waals surface area contributed by atoms with Gasteiger partial charge in [0, 0.05) is 58.8 Å². The van der Waals surface area contributed by atoms with Crippen molar-refractivity contribution in [3.63, 3.8) is 0 Å². The molecule has 0 spiro atoms. The summed E-state index contributed by atoms with van der Waals surface area (Å²) < 4.78 is 6.45. The van der Waals surface area contributed by atoms with E-state index < -0.39 is 0 Å². The predicted molar refractivity (Wildman–Crippen MR) is 144 cm³/mol. The number of amides is 1. The Balaban J connectivity index is 1.81. The molecule has 1 unspecified atom stereocenters. The Bertz CT molecular complexity index is 1270. The zero-order chi connectivity index (χ0) is 26.0. The first-order chi connectivity index (χ1) is 17.2. The average molecular weight is 489 g/mol. The van der Waals surface area contributed by atoms with Crippen LogP contribution < -0.4 is 9.80 Å². The lowest BCUT2D eigenvalue weighted by molar-refractivity contribution is -0.128. The van der Waals surface area contributed by atoms with Gasteiger partial charge in [-0.2, -0.15) is 10.2 Å². The molecule has 0 bridgehead atoms. The maximum absolute atomic E-state index is 12.0. The van der Waals surface area contributed by atoms with Crippen LogP contribution in [0.4, 0.5) is 11.7 Å². The fourth-order valence-corrected chi connectivity index (χ4v) is 4.95. The van der Waals surface area contributed by atoms with E-state index in [9.17, 15) is 10.1 Å². The van der Waals surface area contributed by atoms with Crippen LogP contribution in [0.1, 0.15) is 30.4 Å². The van der Waals surface area contributed by atoms with Crippen LogP contribution in [0.15, 0.2) is 34.7 Å². The van der Waals surface area contributed by atoms with E-state index in [1.165, 1.54) is 0 Å². The molecule has 1 aromatic heterocycles. The Hall–Kier alpha value is -3.57. The normalized spacial score (nSPS) is 15.5. The molecule has 2 aromatic carbocycles. The fraction of sp³-hybridized carbons (Fsp3) is 0.464. The molecule has 1 aliphatic heterocycles. The van der Waals surface area contributed by atoms with Gasteiger partial charge in [0.25, 0.3) is 6.01 Å². The molecule has 8 heteroatoms. The number of rotatable bonds is 8. The third kappa shape index (κ3) is 4.89. The van der Waals surface area contributed by atoms with Gasteiger partial charge in [-0.15, -0.1) is 0 Å². The molecule has 0 radical (unpaired) electrons. The number of benzene rings is 2. The highest BCUT2D eigenvalue weighted by Gasteiger charge is 2.32. The van der Waals surface area contributed by atoms with E-state index in [0.717, 1.165) is 41.9 Å². The lowest BCUT2D eigenvalue weighted by Crippen LogP contribution is -2.31. The molecule has 0 saturated carbocycles. The van der Waals surface area contributed by atoms with Crippen molar-refractivity contribution in [3.8, 4) is 17.2 Å². The minimum atomic E-state index is 0.0997. The van der Waals surface area contributed by atoms with Gasteiger partial charge in [-0.3, -0.25) is 4.79 Å². The predicted octanol–water partition coefficient (Wildman–Crippen LogP) is 4.12. The summed E-state index contributed by atoms with van der Waals surface area (Å²) in [6.07, 6.45) is 2.21. The topological polar surface area (TPSA) is 79.8 Å². The van der Waals surface area contributed by atoms with Crippen molar-refractivity contribution in [3.05, 3.63) is 41.5 Å². The summed E-state index contributed by atoms with van der Waals surface area (Å²) in [5.41, 5.74) is 5.81. The molecule has 1 saturated heterocycles. The summed E-state index contributed by atoms with van der Waals surface area (Å²) >= 11 is 0. The van der Waals surface area contributed by atoms with Gasteiger partial charge in [0.1, 0.15) is 11.6 Å². The van der Waals surface area contributed by atoms with E-state index in [1.807, 2.05) is 37.1 Å². The van der Waals surface area contributed by atoms with Crippen LogP contribution in [0.25, 0.3) is 22.2 Å². The lowest BCUT2D eigenvalue weighted by atomic mass is 9.93. The van der Waals surface area contributed by atoms with E-state index >= 15 is 0 Å². The van der Waals surface area contributed by atoms with Crippen molar-refractivity contribution in [2.75, 3.05) is 64.7 Å². The zero-order valence-corrected chi connectivity index (χ0v) is 22.2. The first-order valence-electron chi connectivity index (χ1n) is 12.5. The largest absolute Gasteiger partial charge is 0.421 e. The summed E-state index contributed by atoms with van der Waals surface area (Å²) in [5.74, 6) is 0.0997. The molecule has 1 amide bonds. The van der Waals surface area contributed by atoms with Crippen molar-refractivity contribution < 1.29 is 9.21 Å². The third-order valence-electron chi connectivity index (χ3n) is 7.15. The summed E-state index contributed by atoms with van der Waals surface area (Å²) in [6, 6.07) is 13.5. The SMILES string of the molecule is Cc1c(-c2ccccc2)c(N2CCC(N(C)C)C2)c2oc(N(C)CCCC(=O)N(C)C)nc2c1C#N. The number of oxazole rings is 1. The minimum absolute atomic E-state index is 0.0997. The average Bonchev–Trinajstić information content (AvgIpc) is 3.52. The van der Waals surface area contributed by atoms with Crippen molar-refractivity contribution >= 4 is 28.7 Å². The first kappa shape index (κ1) is 25.5. The number of nitriles is 1. The van der Waals surface area contributed by atoms with E-state index in [4.69, 9.17) is 9.40 Å². The molecule has 190 valence electrons. The quantitative estimate of drug-likeness (QED) is 0.472. The molecule has 2 heterocycles. The molecule has 3 aromatic rings. The van der Waals surface area contributed by atoms with Gasteiger partial charge in [-0.05, 0) is 45.0 Å². The van der Waals surface area contributed by atoms with E-state index in [2.05, 4.69) is 42.1 Å². The Morgan fingerprint density at radius 3 is 2.53 bits per heavy atom. The van der Waals surface area contributed by atoms with Crippen LogP contribution in [-0.2, 0) is 4.79 Å². The van der Waals surface area contributed by atoms with Crippen molar-refractivity contribution in [2.24, 2.45) is 0 Å². The van der Waals surface area contributed by atoms with Gasteiger partial charge in [0.2, 0.25) is 5.91 Å². The first-order valence-corrected chi connectivity index (χ1v) is 12.5. The molecule has 36 heavy (non-hydrogen) atoms. The Kier molecular flexibility index (Phi) is 7.51. The van der Waals surface area contributed by atoms with Crippen molar-refractivity contribution in [1.29, 1.82) is 5.26 Å². The van der Waals surface area contributed by atoms with E-state index in [0.29, 0.717) is 48.1 Å². The summed E-state index contributed by atoms with van der Waals surface area (Å²) in [6.45, 7) is 4.42. The maximum Gasteiger partial charge on any atom is 0.298 e. The van der Waals surface area contributed by atoms with Crippen LogP contribution in [-0.4, -0.2) is 81.6 Å². The highest BCUT2D eigenvalue weighted by molar-refractivity contribution is 6.03. The summed E-state index contributed by atoms with van der Waals surface area (Å²) in [7, 11) is 9.69. The molecular formula is C28H36N6O2. The Morgan fingerprint density at radius 2 is 1.92 bits per heavy atom.